The van der Waals surface area contributed by atoms with E-state index in [9.17, 15) is 24.9 Å². The smallest absolute Gasteiger partial charge is 0.159 e. The number of benzene rings is 2. The molecule has 2 aromatic rings. The van der Waals surface area contributed by atoms with Gasteiger partial charge in [-0.05, 0) is 146 Å². The number of anilines is 1. The van der Waals surface area contributed by atoms with E-state index in [0.717, 1.165) is 61.8 Å². The zero-order valence-corrected chi connectivity index (χ0v) is 33.4. The fraction of sp³-hybridized carbons (Fsp3) is 0.660. The third-order valence-electron chi connectivity index (χ3n) is 16.9. The lowest BCUT2D eigenvalue weighted by molar-refractivity contribution is -0.193. The number of nitrogens with two attached hydrogens (primary N) is 1. The van der Waals surface area contributed by atoms with E-state index in [1.165, 1.54) is 11.1 Å². The van der Waals surface area contributed by atoms with E-state index < -0.39 is 22.5 Å². The van der Waals surface area contributed by atoms with Crippen LogP contribution < -0.4 is 5.73 Å². The summed E-state index contributed by atoms with van der Waals surface area (Å²) in [6.45, 7) is 13.3. The Balaban J connectivity index is 1.07. The lowest BCUT2D eigenvalue weighted by Crippen LogP contribution is -2.64. The van der Waals surface area contributed by atoms with Gasteiger partial charge in [-0.1, -0.05) is 70.9 Å². The van der Waals surface area contributed by atoms with Crippen molar-refractivity contribution < 1.29 is 29.6 Å². The molecule has 12 unspecified atom stereocenters. The standard InChI is InChI=1S/C47H63NO6/c1-27(22-36(51)42-46(6,54-42)34-15-9-14-32(34)28-10-7-12-30(48)23-28)40-35-16-17-39-44(4)25-33(29-11-8-13-31(50)24-29)41(53)43(2,3)38(44)18-19-47(39,20-21-49)45(35,5)26-37(40)52/h7-8,10-13,23-24,27,32-34,36,38-39,42,49-51H,9,14-22,25-26,48H2,1-6H3. The number of hydrogen-bond acceptors (Lipinski definition) is 7. The number of epoxide rings is 1. The summed E-state index contributed by atoms with van der Waals surface area (Å²) in [5, 5.41) is 33.0. The molecule has 1 saturated heterocycles. The molecular weight excluding hydrogens is 675 g/mol. The highest BCUT2D eigenvalue weighted by molar-refractivity contribution is 6.00. The molecule has 1 heterocycles. The number of ketones is 2. The molecule has 0 radical (unpaired) electrons. The molecule has 1 aliphatic heterocycles. The topological polar surface area (TPSA) is 133 Å². The molecule has 0 spiro atoms. The van der Waals surface area contributed by atoms with Gasteiger partial charge in [0, 0.05) is 35.5 Å². The van der Waals surface area contributed by atoms with Gasteiger partial charge in [-0.25, -0.2) is 0 Å². The first kappa shape index (κ1) is 37.9. The summed E-state index contributed by atoms with van der Waals surface area (Å²) in [4.78, 5) is 28.7. The van der Waals surface area contributed by atoms with Crippen molar-refractivity contribution in [3.63, 3.8) is 0 Å². The maximum atomic E-state index is 14.4. The fourth-order valence-corrected chi connectivity index (χ4v) is 14.6. The van der Waals surface area contributed by atoms with Crippen molar-refractivity contribution in [2.75, 3.05) is 12.3 Å². The number of ether oxygens (including phenoxy) is 1. The van der Waals surface area contributed by atoms with Crippen LogP contribution in [0.25, 0.3) is 0 Å². The monoisotopic (exact) mass is 737 g/mol. The van der Waals surface area contributed by atoms with Crippen molar-refractivity contribution >= 4 is 17.3 Å². The van der Waals surface area contributed by atoms with E-state index in [4.69, 9.17) is 10.5 Å². The second-order valence-corrected chi connectivity index (χ2v) is 19.8. The van der Waals surface area contributed by atoms with E-state index in [1.54, 1.807) is 12.1 Å². The molecule has 4 saturated carbocycles. The number of carbonyl (C=O) groups excluding carboxylic acids is 2. The molecule has 0 amide bonds. The Morgan fingerprint density at radius 3 is 2.41 bits per heavy atom. The van der Waals surface area contributed by atoms with E-state index >= 15 is 0 Å². The summed E-state index contributed by atoms with van der Waals surface area (Å²) in [6.07, 6.45) is 8.12. The third-order valence-corrected chi connectivity index (χ3v) is 16.9. The molecule has 292 valence electrons. The second-order valence-electron chi connectivity index (χ2n) is 19.8. The Hall–Kier alpha value is -3.00. The Morgan fingerprint density at radius 2 is 1.69 bits per heavy atom. The van der Waals surface area contributed by atoms with Gasteiger partial charge in [-0.15, -0.1) is 0 Å². The van der Waals surface area contributed by atoms with Crippen molar-refractivity contribution in [3.05, 3.63) is 70.8 Å². The first-order chi connectivity index (χ1) is 25.5. The zero-order chi connectivity index (χ0) is 38.6. The van der Waals surface area contributed by atoms with Crippen LogP contribution in [0.3, 0.4) is 0 Å². The van der Waals surface area contributed by atoms with Crippen molar-refractivity contribution in [2.45, 2.75) is 142 Å². The van der Waals surface area contributed by atoms with Gasteiger partial charge in [-0.2, -0.15) is 0 Å². The van der Waals surface area contributed by atoms with Gasteiger partial charge in [-0.3, -0.25) is 9.59 Å². The third kappa shape index (κ3) is 5.44. The van der Waals surface area contributed by atoms with Crippen molar-refractivity contribution in [1.82, 2.24) is 0 Å². The van der Waals surface area contributed by atoms with Crippen LogP contribution in [0.1, 0.15) is 135 Å². The number of aliphatic hydroxyl groups is 2. The molecular formula is C47H63NO6. The Morgan fingerprint density at radius 1 is 0.944 bits per heavy atom. The predicted octanol–water partition coefficient (Wildman–Crippen LogP) is 8.66. The van der Waals surface area contributed by atoms with E-state index in [1.807, 2.05) is 24.3 Å². The molecule has 0 aromatic heterocycles. The van der Waals surface area contributed by atoms with Crippen LogP contribution in [0.4, 0.5) is 5.69 Å². The molecule has 7 nitrogen and oxygen atoms in total. The second kappa shape index (κ2) is 13.0. The van der Waals surface area contributed by atoms with Gasteiger partial charge in [0.15, 0.2) is 5.78 Å². The number of aromatic hydroxyl groups is 1. The van der Waals surface area contributed by atoms with Gasteiger partial charge < -0.3 is 25.8 Å². The fourth-order valence-electron chi connectivity index (χ4n) is 14.6. The largest absolute Gasteiger partial charge is 0.508 e. The molecule has 8 rings (SSSR count). The number of allylic oxidation sites excluding steroid dienone is 2. The Labute approximate surface area is 322 Å². The minimum Gasteiger partial charge on any atom is -0.508 e. The molecule has 5 N–H and O–H groups in total. The summed E-state index contributed by atoms with van der Waals surface area (Å²) in [6, 6.07) is 15.4. The van der Waals surface area contributed by atoms with Gasteiger partial charge in [0.25, 0.3) is 0 Å². The summed E-state index contributed by atoms with van der Waals surface area (Å²) >= 11 is 0. The van der Waals surface area contributed by atoms with E-state index in [0.29, 0.717) is 37.5 Å². The molecule has 6 aliphatic rings. The van der Waals surface area contributed by atoms with Crippen LogP contribution in [0.15, 0.2) is 59.7 Å². The molecule has 12 atom stereocenters. The van der Waals surface area contributed by atoms with Crippen molar-refractivity contribution in [3.8, 4) is 5.75 Å². The van der Waals surface area contributed by atoms with Crippen LogP contribution in [0.2, 0.25) is 0 Å². The number of rotatable bonds is 9. The van der Waals surface area contributed by atoms with Crippen molar-refractivity contribution in [2.24, 2.45) is 45.3 Å². The Bertz CT molecular complexity index is 1870. The predicted molar refractivity (Wildman–Crippen MR) is 211 cm³/mol. The summed E-state index contributed by atoms with van der Waals surface area (Å²) in [7, 11) is 0. The van der Waals surface area contributed by atoms with Crippen molar-refractivity contribution in [1.29, 1.82) is 0 Å². The summed E-state index contributed by atoms with van der Waals surface area (Å²) in [5.41, 5.74) is 9.42. The van der Waals surface area contributed by atoms with Crippen LogP contribution in [0, 0.1) is 45.3 Å². The van der Waals surface area contributed by atoms with Gasteiger partial charge in [0.05, 0.1) is 11.7 Å². The average molecular weight is 738 g/mol. The minimum atomic E-state index is -0.673. The quantitative estimate of drug-likeness (QED) is 0.150. The molecule has 5 aliphatic carbocycles. The maximum absolute atomic E-state index is 14.4. The van der Waals surface area contributed by atoms with Crippen LogP contribution in [-0.2, 0) is 14.3 Å². The zero-order valence-electron chi connectivity index (χ0n) is 33.4. The number of fused-ring (bicyclic) bond motifs is 5. The number of aliphatic hydroxyl groups excluding tert-OH is 2. The summed E-state index contributed by atoms with van der Waals surface area (Å²) in [5.74, 6) is 1.29. The molecule has 7 heteroatoms. The van der Waals surface area contributed by atoms with Crippen LogP contribution >= 0.6 is 0 Å². The highest BCUT2D eigenvalue weighted by Crippen LogP contribution is 2.76. The van der Waals surface area contributed by atoms with Gasteiger partial charge >= 0.3 is 0 Å². The lowest BCUT2D eigenvalue weighted by atomic mass is 9.34. The first-order valence-electron chi connectivity index (χ1n) is 20.9. The number of hydrogen-bond donors (Lipinski definition) is 4. The van der Waals surface area contributed by atoms with E-state index in [-0.39, 0.29) is 64.5 Å². The van der Waals surface area contributed by atoms with Gasteiger partial charge in [0.1, 0.15) is 17.6 Å². The number of nitrogen functional groups attached to an aromatic ring is 1. The highest BCUT2D eigenvalue weighted by Gasteiger charge is 2.70. The maximum Gasteiger partial charge on any atom is 0.159 e. The Kier molecular flexibility index (Phi) is 9.14. The normalized spacial score (nSPS) is 40.9. The lowest BCUT2D eigenvalue weighted by Gasteiger charge is -2.69. The average Bonchev–Trinajstić information content (AvgIpc) is 3.42. The number of carbonyl (C=O) groups is 2. The molecule has 2 aromatic carbocycles. The first-order valence-corrected chi connectivity index (χ1v) is 20.9. The summed E-state index contributed by atoms with van der Waals surface area (Å²) < 4.78 is 6.45. The number of phenols is 1. The SMILES string of the molecule is CC(CC(O)C1OC1(C)C1CCCC1c1cccc(N)c1)C1=C2CCC3C4(C)CC(c5cccc(O)c5)C(=O)C(C)(C)C4CCC3(CCO)C2(C)CC1=O. The van der Waals surface area contributed by atoms with Crippen LogP contribution in [0.5, 0.6) is 5.75 Å². The highest BCUT2D eigenvalue weighted by atomic mass is 16.6. The number of phenolic OH excluding ortho intramolecular Hbond substituents is 1. The van der Waals surface area contributed by atoms with Crippen LogP contribution in [-0.4, -0.2) is 51.3 Å². The number of Topliss-reactive ketones (excluding diaryl/α,β-unsaturated/α-hetero) is 2. The molecule has 5 fully saturated rings. The minimum absolute atomic E-state index is 0.0611. The molecule has 54 heavy (non-hydrogen) atoms. The molecule has 0 bridgehead atoms. The van der Waals surface area contributed by atoms with E-state index in [2.05, 4.69) is 53.7 Å². The van der Waals surface area contributed by atoms with Gasteiger partial charge in [0.2, 0.25) is 0 Å².